The van der Waals surface area contributed by atoms with Crippen LogP contribution in [-0.2, 0) is 6.42 Å². The largest absolute Gasteiger partial charge is 0.123 e. The number of benzene rings is 1. The van der Waals surface area contributed by atoms with Gasteiger partial charge in [0.05, 0.1) is 0 Å². The van der Waals surface area contributed by atoms with Gasteiger partial charge in [-0.25, -0.2) is 0 Å². The van der Waals surface area contributed by atoms with Crippen molar-refractivity contribution in [1.29, 1.82) is 0 Å². The van der Waals surface area contributed by atoms with Gasteiger partial charge in [-0.05, 0) is 44.1 Å². The first-order valence-corrected chi connectivity index (χ1v) is 6.89. The number of halogens is 1. The molecule has 1 saturated carbocycles. The normalized spacial score (nSPS) is 18.9. The molecule has 1 aliphatic rings. The summed E-state index contributed by atoms with van der Waals surface area (Å²) in [6.45, 7) is 2.15. The maximum atomic E-state index is 6.48. The van der Waals surface area contributed by atoms with Gasteiger partial charge in [0.2, 0.25) is 0 Å². The molecule has 1 atom stereocenters. The van der Waals surface area contributed by atoms with E-state index >= 15 is 0 Å². The Kier molecular flexibility index (Phi) is 4.29. The zero-order valence-corrected chi connectivity index (χ0v) is 10.8. The fourth-order valence-electron chi connectivity index (χ4n) is 2.73. The van der Waals surface area contributed by atoms with Gasteiger partial charge >= 0.3 is 0 Å². The number of alkyl halides is 1. The molecule has 0 radical (unpaired) electrons. The third-order valence-electron chi connectivity index (χ3n) is 3.70. The van der Waals surface area contributed by atoms with E-state index in [2.05, 4.69) is 31.2 Å². The topological polar surface area (TPSA) is 0 Å². The number of aryl methyl sites for hydroxylation is 2. The minimum absolute atomic E-state index is 0.392. The summed E-state index contributed by atoms with van der Waals surface area (Å²) in [5, 5.41) is 0.392. The molecule has 1 heteroatoms. The lowest BCUT2D eigenvalue weighted by Gasteiger charge is -2.16. The molecule has 1 fully saturated rings. The van der Waals surface area contributed by atoms with E-state index in [4.69, 9.17) is 11.6 Å². The molecule has 0 aromatic heterocycles. The van der Waals surface area contributed by atoms with E-state index in [1.165, 1.54) is 36.8 Å². The molecule has 88 valence electrons. The molecule has 0 N–H and O–H groups in total. The van der Waals surface area contributed by atoms with Gasteiger partial charge in [0.25, 0.3) is 0 Å². The van der Waals surface area contributed by atoms with E-state index in [1.54, 1.807) is 0 Å². The zero-order valence-electron chi connectivity index (χ0n) is 10.1. The molecule has 0 amide bonds. The van der Waals surface area contributed by atoms with Crippen LogP contribution < -0.4 is 0 Å². The van der Waals surface area contributed by atoms with Crippen LogP contribution in [-0.4, -0.2) is 5.38 Å². The fourth-order valence-corrected chi connectivity index (χ4v) is 3.09. The highest BCUT2D eigenvalue weighted by atomic mass is 35.5. The number of hydrogen-bond donors (Lipinski definition) is 0. The van der Waals surface area contributed by atoms with Crippen LogP contribution in [0.2, 0.25) is 0 Å². The molecule has 16 heavy (non-hydrogen) atoms. The van der Waals surface area contributed by atoms with Crippen LogP contribution in [0.15, 0.2) is 24.3 Å². The van der Waals surface area contributed by atoms with Crippen molar-refractivity contribution in [2.75, 3.05) is 0 Å². The highest BCUT2D eigenvalue weighted by molar-refractivity contribution is 6.20. The van der Waals surface area contributed by atoms with Crippen LogP contribution in [0.25, 0.3) is 0 Å². The minimum Gasteiger partial charge on any atom is -0.123 e. The molecule has 0 bridgehead atoms. The Hall–Kier alpha value is -0.490. The van der Waals surface area contributed by atoms with Gasteiger partial charge in [-0.15, -0.1) is 11.6 Å². The van der Waals surface area contributed by atoms with Crippen molar-refractivity contribution in [2.45, 2.75) is 50.8 Å². The first-order valence-electron chi connectivity index (χ1n) is 6.45. The first kappa shape index (κ1) is 12.0. The fraction of sp³-hybridized carbons (Fsp3) is 0.600. The van der Waals surface area contributed by atoms with Gasteiger partial charge in [-0.1, -0.05) is 42.7 Å². The lowest BCUT2D eigenvalue weighted by Crippen LogP contribution is -2.12. The zero-order chi connectivity index (χ0) is 11.4. The Morgan fingerprint density at radius 3 is 2.75 bits per heavy atom. The van der Waals surface area contributed by atoms with Crippen LogP contribution in [0.4, 0.5) is 0 Å². The second-order valence-corrected chi connectivity index (χ2v) is 5.65. The van der Waals surface area contributed by atoms with Crippen molar-refractivity contribution in [1.82, 2.24) is 0 Å². The van der Waals surface area contributed by atoms with Gasteiger partial charge in [0.1, 0.15) is 0 Å². The van der Waals surface area contributed by atoms with E-state index in [0.29, 0.717) is 5.38 Å². The standard InChI is InChI=1S/C15H21Cl/c1-12-5-4-6-13(11-12)9-10-15(16)14-7-2-3-8-14/h4-6,11,14-15H,2-3,7-10H2,1H3. The quantitative estimate of drug-likeness (QED) is 0.664. The second kappa shape index (κ2) is 5.72. The lowest BCUT2D eigenvalue weighted by atomic mass is 9.97. The van der Waals surface area contributed by atoms with Crippen LogP contribution in [0.1, 0.15) is 43.2 Å². The molecule has 0 saturated heterocycles. The molecule has 1 aromatic rings. The van der Waals surface area contributed by atoms with Crippen molar-refractivity contribution in [3.05, 3.63) is 35.4 Å². The van der Waals surface area contributed by atoms with Crippen molar-refractivity contribution in [3.63, 3.8) is 0 Å². The second-order valence-electron chi connectivity index (χ2n) is 5.09. The smallest absolute Gasteiger partial charge is 0.0367 e. The summed E-state index contributed by atoms with van der Waals surface area (Å²) >= 11 is 6.48. The Labute approximate surface area is 104 Å². The number of rotatable bonds is 4. The highest BCUT2D eigenvalue weighted by Gasteiger charge is 2.22. The van der Waals surface area contributed by atoms with Crippen LogP contribution >= 0.6 is 11.6 Å². The average molecular weight is 237 g/mol. The Balaban J connectivity index is 1.82. The molecule has 1 unspecified atom stereocenters. The van der Waals surface area contributed by atoms with Gasteiger partial charge < -0.3 is 0 Å². The van der Waals surface area contributed by atoms with Gasteiger partial charge in [-0.3, -0.25) is 0 Å². The summed E-state index contributed by atoms with van der Waals surface area (Å²) in [5.41, 5.74) is 2.79. The van der Waals surface area contributed by atoms with Crippen molar-refractivity contribution >= 4 is 11.6 Å². The maximum Gasteiger partial charge on any atom is 0.0367 e. The molecular weight excluding hydrogens is 216 g/mol. The van der Waals surface area contributed by atoms with E-state index in [9.17, 15) is 0 Å². The minimum atomic E-state index is 0.392. The monoisotopic (exact) mass is 236 g/mol. The predicted molar refractivity (Wildman–Crippen MR) is 71.1 cm³/mol. The summed E-state index contributed by atoms with van der Waals surface area (Å²) in [4.78, 5) is 0. The van der Waals surface area contributed by atoms with Crippen LogP contribution in [0, 0.1) is 12.8 Å². The molecule has 1 aromatic carbocycles. The molecular formula is C15H21Cl. The van der Waals surface area contributed by atoms with Gasteiger partial charge in [-0.2, -0.15) is 0 Å². The molecule has 2 rings (SSSR count). The first-order chi connectivity index (χ1) is 7.75. The lowest BCUT2D eigenvalue weighted by molar-refractivity contribution is 0.492. The summed E-state index contributed by atoms with van der Waals surface area (Å²) < 4.78 is 0. The highest BCUT2D eigenvalue weighted by Crippen LogP contribution is 2.32. The summed E-state index contributed by atoms with van der Waals surface area (Å²) in [6, 6.07) is 8.78. The van der Waals surface area contributed by atoms with E-state index in [1.807, 2.05) is 0 Å². The molecule has 0 heterocycles. The summed E-state index contributed by atoms with van der Waals surface area (Å²) in [6.07, 6.45) is 7.74. The average Bonchev–Trinajstić information content (AvgIpc) is 2.79. The summed E-state index contributed by atoms with van der Waals surface area (Å²) in [5.74, 6) is 0.784. The Morgan fingerprint density at radius 1 is 1.31 bits per heavy atom. The summed E-state index contributed by atoms with van der Waals surface area (Å²) in [7, 11) is 0. The van der Waals surface area contributed by atoms with Crippen molar-refractivity contribution in [3.8, 4) is 0 Å². The van der Waals surface area contributed by atoms with Gasteiger partial charge in [0.15, 0.2) is 0 Å². The van der Waals surface area contributed by atoms with E-state index in [0.717, 1.165) is 18.8 Å². The number of hydrogen-bond acceptors (Lipinski definition) is 0. The van der Waals surface area contributed by atoms with Crippen molar-refractivity contribution < 1.29 is 0 Å². The van der Waals surface area contributed by atoms with Crippen LogP contribution in [0.5, 0.6) is 0 Å². The Morgan fingerprint density at radius 2 is 2.06 bits per heavy atom. The maximum absolute atomic E-state index is 6.48. The van der Waals surface area contributed by atoms with Gasteiger partial charge in [0, 0.05) is 5.38 Å². The van der Waals surface area contributed by atoms with E-state index < -0.39 is 0 Å². The van der Waals surface area contributed by atoms with E-state index in [-0.39, 0.29) is 0 Å². The third kappa shape index (κ3) is 3.25. The van der Waals surface area contributed by atoms with Crippen molar-refractivity contribution in [2.24, 2.45) is 5.92 Å². The van der Waals surface area contributed by atoms with Crippen LogP contribution in [0.3, 0.4) is 0 Å². The molecule has 0 spiro atoms. The molecule has 0 nitrogen and oxygen atoms in total. The molecule has 0 aliphatic heterocycles. The molecule has 1 aliphatic carbocycles. The Bertz CT molecular complexity index is 326. The third-order valence-corrected chi connectivity index (χ3v) is 4.28. The SMILES string of the molecule is Cc1cccc(CCC(Cl)C2CCCC2)c1. The predicted octanol–water partition coefficient (Wildman–Crippen LogP) is 4.73.